The Hall–Kier alpha value is -0.650. The van der Waals surface area contributed by atoms with Gasteiger partial charge in [0, 0.05) is 26.2 Å². The van der Waals surface area contributed by atoms with Gasteiger partial charge in [-0.1, -0.05) is 6.92 Å². The predicted octanol–water partition coefficient (Wildman–Crippen LogP) is 0.0705. The zero-order chi connectivity index (χ0) is 13.5. The van der Waals surface area contributed by atoms with Gasteiger partial charge in [-0.3, -0.25) is 9.69 Å². The van der Waals surface area contributed by atoms with Gasteiger partial charge >= 0.3 is 0 Å². The highest BCUT2D eigenvalue weighted by atomic mass is 16.5. The van der Waals surface area contributed by atoms with Gasteiger partial charge in [-0.05, 0) is 31.8 Å². The number of carbonyl (C=O) groups is 1. The molecule has 2 heterocycles. The molecule has 110 valence electrons. The SMILES string of the molecule is CC1CNCC(C(=O)NCCCN2CCOCC2)C1. The van der Waals surface area contributed by atoms with Crippen LogP contribution in [0.3, 0.4) is 0 Å². The van der Waals surface area contributed by atoms with E-state index in [1.165, 1.54) is 0 Å². The molecule has 2 aliphatic heterocycles. The van der Waals surface area contributed by atoms with Crippen molar-refractivity contribution in [2.45, 2.75) is 19.8 Å². The first-order chi connectivity index (χ1) is 9.25. The molecule has 0 aliphatic carbocycles. The van der Waals surface area contributed by atoms with Crippen molar-refractivity contribution in [1.29, 1.82) is 0 Å². The molecule has 0 bridgehead atoms. The molecule has 0 saturated carbocycles. The standard InChI is InChI=1S/C14H27N3O2/c1-12-9-13(11-15-10-12)14(18)16-3-2-4-17-5-7-19-8-6-17/h12-13,15H,2-11H2,1H3,(H,16,18). The number of piperidine rings is 1. The van der Waals surface area contributed by atoms with Gasteiger partial charge in [0.25, 0.3) is 0 Å². The highest BCUT2D eigenvalue weighted by Crippen LogP contribution is 2.15. The van der Waals surface area contributed by atoms with Crippen molar-refractivity contribution in [1.82, 2.24) is 15.5 Å². The number of nitrogens with zero attached hydrogens (tertiary/aromatic N) is 1. The Morgan fingerprint density at radius 1 is 1.37 bits per heavy atom. The third-order valence-electron chi connectivity index (χ3n) is 4.00. The third kappa shape index (κ3) is 5.09. The summed E-state index contributed by atoms with van der Waals surface area (Å²) in [6, 6.07) is 0. The minimum atomic E-state index is 0.159. The second kappa shape index (κ2) is 7.82. The van der Waals surface area contributed by atoms with Gasteiger partial charge in [0.2, 0.25) is 5.91 Å². The molecule has 19 heavy (non-hydrogen) atoms. The quantitative estimate of drug-likeness (QED) is 0.694. The van der Waals surface area contributed by atoms with E-state index in [0.29, 0.717) is 5.92 Å². The van der Waals surface area contributed by atoms with Crippen LogP contribution in [0.2, 0.25) is 0 Å². The van der Waals surface area contributed by atoms with Crippen molar-refractivity contribution in [2.24, 2.45) is 11.8 Å². The number of hydrogen-bond acceptors (Lipinski definition) is 4. The smallest absolute Gasteiger partial charge is 0.224 e. The van der Waals surface area contributed by atoms with E-state index in [4.69, 9.17) is 4.74 Å². The second-order valence-corrected chi connectivity index (χ2v) is 5.79. The zero-order valence-corrected chi connectivity index (χ0v) is 12.0. The molecule has 2 aliphatic rings. The summed E-state index contributed by atoms with van der Waals surface area (Å²) in [4.78, 5) is 14.4. The molecular weight excluding hydrogens is 242 g/mol. The lowest BCUT2D eigenvalue weighted by Crippen LogP contribution is -2.44. The minimum absolute atomic E-state index is 0.159. The molecule has 2 rings (SSSR count). The molecule has 5 heteroatoms. The van der Waals surface area contributed by atoms with Crippen molar-refractivity contribution in [3.05, 3.63) is 0 Å². The van der Waals surface area contributed by atoms with E-state index >= 15 is 0 Å². The maximum Gasteiger partial charge on any atom is 0.224 e. The summed E-state index contributed by atoms with van der Waals surface area (Å²) >= 11 is 0. The summed E-state index contributed by atoms with van der Waals surface area (Å²) in [6.45, 7) is 9.67. The number of nitrogens with one attached hydrogen (secondary N) is 2. The van der Waals surface area contributed by atoms with Crippen LogP contribution in [-0.4, -0.2) is 63.3 Å². The molecule has 2 unspecified atom stereocenters. The number of hydrogen-bond donors (Lipinski definition) is 2. The van der Waals surface area contributed by atoms with E-state index in [1.54, 1.807) is 0 Å². The van der Waals surface area contributed by atoms with Crippen LogP contribution < -0.4 is 10.6 Å². The molecule has 0 spiro atoms. The van der Waals surface area contributed by atoms with Crippen molar-refractivity contribution in [3.63, 3.8) is 0 Å². The normalized spacial score (nSPS) is 29.1. The van der Waals surface area contributed by atoms with Gasteiger partial charge in [0.05, 0.1) is 19.1 Å². The maximum absolute atomic E-state index is 12.0. The summed E-state index contributed by atoms with van der Waals surface area (Å²) in [6.07, 6.45) is 2.05. The predicted molar refractivity (Wildman–Crippen MR) is 75.0 cm³/mol. The number of amides is 1. The Bertz CT molecular complexity index is 280. The first kappa shape index (κ1) is 14.8. The molecule has 0 aromatic carbocycles. The van der Waals surface area contributed by atoms with E-state index in [-0.39, 0.29) is 11.8 Å². The molecule has 0 aromatic heterocycles. The van der Waals surface area contributed by atoms with Crippen molar-refractivity contribution < 1.29 is 9.53 Å². The number of morpholine rings is 1. The fourth-order valence-electron chi connectivity index (χ4n) is 2.84. The van der Waals surface area contributed by atoms with Crippen LogP contribution in [0.15, 0.2) is 0 Å². The topological polar surface area (TPSA) is 53.6 Å². The fourth-order valence-corrected chi connectivity index (χ4v) is 2.84. The largest absolute Gasteiger partial charge is 0.379 e. The van der Waals surface area contributed by atoms with Crippen LogP contribution in [0.5, 0.6) is 0 Å². The van der Waals surface area contributed by atoms with Crippen LogP contribution in [0.1, 0.15) is 19.8 Å². The lowest BCUT2D eigenvalue weighted by Gasteiger charge is -2.28. The van der Waals surface area contributed by atoms with Crippen LogP contribution in [0.25, 0.3) is 0 Å². The summed E-state index contributed by atoms with van der Waals surface area (Å²) in [5, 5.41) is 6.40. The Balaban J connectivity index is 1.55. The van der Waals surface area contributed by atoms with E-state index < -0.39 is 0 Å². The number of carbonyl (C=O) groups excluding carboxylic acids is 1. The maximum atomic E-state index is 12.0. The molecule has 2 saturated heterocycles. The van der Waals surface area contributed by atoms with E-state index in [1.807, 2.05) is 0 Å². The molecular formula is C14H27N3O2. The van der Waals surface area contributed by atoms with E-state index in [0.717, 1.165) is 65.3 Å². The van der Waals surface area contributed by atoms with E-state index in [2.05, 4.69) is 22.5 Å². The monoisotopic (exact) mass is 269 g/mol. The lowest BCUT2D eigenvalue weighted by atomic mass is 9.91. The molecule has 5 nitrogen and oxygen atoms in total. The summed E-state index contributed by atoms with van der Waals surface area (Å²) in [5.74, 6) is 0.992. The van der Waals surface area contributed by atoms with Crippen LogP contribution >= 0.6 is 0 Å². The molecule has 2 atom stereocenters. The highest BCUT2D eigenvalue weighted by molar-refractivity contribution is 5.78. The summed E-state index contributed by atoms with van der Waals surface area (Å²) in [5.41, 5.74) is 0. The first-order valence-corrected chi connectivity index (χ1v) is 7.54. The van der Waals surface area contributed by atoms with Gasteiger partial charge in [-0.15, -0.1) is 0 Å². The van der Waals surface area contributed by atoms with Crippen LogP contribution in [-0.2, 0) is 9.53 Å². The first-order valence-electron chi connectivity index (χ1n) is 7.54. The summed E-state index contributed by atoms with van der Waals surface area (Å²) < 4.78 is 5.32. The Morgan fingerprint density at radius 3 is 2.89 bits per heavy atom. The van der Waals surface area contributed by atoms with Gasteiger partial charge in [0.15, 0.2) is 0 Å². The van der Waals surface area contributed by atoms with Gasteiger partial charge in [-0.2, -0.15) is 0 Å². The van der Waals surface area contributed by atoms with Crippen LogP contribution in [0, 0.1) is 11.8 Å². The molecule has 0 radical (unpaired) electrons. The molecule has 2 N–H and O–H groups in total. The Morgan fingerprint density at radius 2 is 2.16 bits per heavy atom. The average Bonchev–Trinajstić information content (AvgIpc) is 2.44. The lowest BCUT2D eigenvalue weighted by molar-refractivity contribution is -0.125. The number of rotatable bonds is 5. The third-order valence-corrected chi connectivity index (χ3v) is 4.00. The molecule has 2 fully saturated rings. The average molecular weight is 269 g/mol. The van der Waals surface area contributed by atoms with Gasteiger partial charge in [0.1, 0.15) is 0 Å². The Labute approximate surface area is 116 Å². The van der Waals surface area contributed by atoms with Gasteiger partial charge < -0.3 is 15.4 Å². The minimum Gasteiger partial charge on any atom is -0.379 e. The van der Waals surface area contributed by atoms with Crippen molar-refractivity contribution >= 4 is 5.91 Å². The molecule has 1 amide bonds. The Kier molecular flexibility index (Phi) is 6.07. The highest BCUT2D eigenvalue weighted by Gasteiger charge is 2.24. The fraction of sp³-hybridized carbons (Fsp3) is 0.929. The van der Waals surface area contributed by atoms with E-state index in [9.17, 15) is 4.79 Å². The van der Waals surface area contributed by atoms with Gasteiger partial charge in [-0.25, -0.2) is 0 Å². The zero-order valence-electron chi connectivity index (χ0n) is 12.0. The van der Waals surface area contributed by atoms with Crippen LogP contribution in [0.4, 0.5) is 0 Å². The van der Waals surface area contributed by atoms with Crippen molar-refractivity contribution in [3.8, 4) is 0 Å². The second-order valence-electron chi connectivity index (χ2n) is 5.79. The van der Waals surface area contributed by atoms with Crippen molar-refractivity contribution in [2.75, 3.05) is 52.5 Å². The molecule has 0 aromatic rings. The summed E-state index contributed by atoms with van der Waals surface area (Å²) in [7, 11) is 0. The number of ether oxygens (including phenoxy) is 1.